The molecule has 1 aliphatic heterocycles. The van der Waals surface area contributed by atoms with Crippen molar-refractivity contribution in [1.82, 2.24) is 9.55 Å². The summed E-state index contributed by atoms with van der Waals surface area (Å²) in [5.41, 5.74) is 4.58. The number of nitrogens with two attached hydrogens (primary N) is 1. The molecule has 0 bridgehead atoms. The van der Waals surface area contributed by atoms with Gasteiger partial charge in [-0.15, -0.1) is 0 Å². The van der Waals surface area contributed by atoms with Crippen molar-refractivity contribution in [1.29, 1.82) is 0 Å². The molecule has 20 heteroatoms. The number of anilines is 1. The summed E-state index contributed by atoms with van der Waals surface area (Å²) in [6.07, 6.45) is 16.6. The molecule has 1 aromatic rings. The molecule has 0 amide bonds. The number of unbranched alkanes of at least 4 members (excludes halogenated alkanes) is 17. The number of nitrogens with zero attached hydrogens (tertiary/aromatic N) is 2. The molecule has 1 saturated heterocycles. The Kier molecular flexibility index (Phi) is 28.6. The quantitative estimate of drug-likeness (QED) is 0.0238. The smallest absolute Gasteiger partial charge is 0.462 e. The molecule has 0 spiro atoms. The van der Waals surface area contributed by atoms with Gasteiger partial charge in [0.25, 0.3) is 0 Å². The molecule has 2 heterocycles. The van der Waals surface area contributed by atoms with Gasteiger partial charge in [0.2, 0.25) is 0 Å². The van der Waals surface area contributed by atoms with Crippen molar-refractivity contribution in [2.75, 3.05) is 25.6 Å². The Morgan fingerprint density at radius 1 is 0.714 bits per heavy atom. The van der Waals surface area contributed by atoms with Crippen LogP contribution in [0.4, 0.5) is 5.82 Å². The first kappa shape index (κ1) is 56.9. The van der Waals surface area contributed by atoms with E-state index in [0.29, 0.717) is 12.8 Å². The van der Waals surface area contributed by atoms with Gasteiger partial charge in [-0.2, -0.15) is 9.29 Å². The number of carbonyl (C=O) groups excluding carboxylic acids is 2. The maximum atomic E-state index is 12.8. The minimum Gasteiger partial charge on any atom is -0.462 e. The van der Waals surface area contributed by atoms with Gasteiger partial charge in [-0.05, 0) is 30.7 Å². The highest BCUT2D eigenvalue weighted by molar-refractivity contribution is 7.61. The predicted molar refractivity (Wildman–Crippen MR) is 238 cm³/mol. The fourth-order valence-electron chi connectivity index (χ4n) is 7.15. The molecule has 2 rings (SSSR count). The van der Waals surface area contributed by atoms with Crippen molar-refractivity contribution in [2.24, 2.45) is 11.8 Å². The topological polar surface area (TPSA) is 265 Å². The van der Waals surface area contributed by atoms with Crippen LogP contribution in [0.2, 0.25) is 0 Å². The van der Waals surface area contributed by atoms with E-state index >= 15 is 0 Å². The zero-order valence-electron chi connectivity index (χ0n) is 38.2. The summed E-state index contributed by atoms with van der Waals surface area (Å²) >= 11 is 0. The average Bonchev–Trinajstić information content (AvgIpc) is 3.48. The van der Waals surface area contributed by atoms with Crippen LogP contribution in [0.25, 0.3) is 0 Å². The summed E-state index contributed by atoms with van der Waals surface area (Å²) in [5.74, 6) is 0.198. The lowest BCUT2D eigenvalue weighted by molar-refractivity contribution is -0.161. The minimum atomic E-state index is -5.41. The van der Waals surface area contributed by atoms with E-state index in [2.05, 4.69) is 37.0 Å². The number of ether oxygens (including phenoxy) is 3. The monoisotopic (exact) mass is 939 g/mol. The second kappa shape index (κ2) is 31.6. The zero-order chi connectivity index (χ0) is 46.7. The fourth-order valence-corrected chi connectivity index (χ4v) is 9.26. The van der Waals surface area contributed by atoms with Crippen LogP contribution in [-0.4, -0.2) is 85.7 Å². The molecular weight excluding hydrogens is 860 g/mol. The van der Waals surface area contributed by atoms with E-state index in [4.69, 9.17) is 29.0 Å². The van der Waals surface area contributed by atoms with Gasteiger partial charge in [-0.25, -0.2) is 13.9 Å². The summed E-state index contributed by atoms with van der Waals surface area (Å²) in [6, 6.07) is 1.25. The first-order valence-electron chi connectivity index (χ1n) is 23.3. The second-order valence-corrected chi connectivity index (χ2v) is 20.6. The lowest BCUT2D eigenvalue weighted by atomic mass is 10.0. The third kappa shape index (κ3) is 26.5. The number of hydrogen-bond donors (Lipinski definition) is 5. The highest BCUT2D eigenvalue weighted by atomic mass is 31.3. The van der Waals surface area contributed by atoms with Gasteiger partial charge in [-0.3, -0.25) is 23.2 Å². The van der Waals surface area contributed by atoms with Crippen LogP contribution in [0, 0.1) is 11.8 Å². The Hall–Kier alpha value is -2.24. The predicted octanol–water partition coefficient (Wildman–Crippen LogP) is 8.43. The molecule has 63 heavy (non-hydrogen) atoms. The third-order valence-electron chi connectivity index (χ3n) is 10.8. The lowest BCUT2D eigenvalue weighted by Gasteiger charge is -2.21. The maximum absolute atomic E-state index is 12.8. The Bertz CT molecular complexity index is 1580. The molecular formula is C43H79N3O15P2. The average molecular weight is 940 g/mol. The molecule has 366 valence electrons. The van der Waals surface area contributed by atoms with E-state index in [-0.39, 0.29) is 18.7 Å². The number of carbonyl (C=O) groups is 2. The second-order valence-electron chi connectivity index (χ2n) is 17.6. The van der Waals surface area contributed by atoms with E-state index in [1.807, 2.05) is 0 Å². The number of aliphatic hydroxyl groups excluding tert-OH is 2. The van der Waals surface area contributed by atoms with Crippen molar-refractivity contribution in [3.05, 3.63) is 22.7 Å². The normalized spacial score (nSPS) is 20.2. The maximum Gasteiger partial charge on any atom is 0.481 e. The summed E-state index contributed by atoms with van der Waals surface area (Å²) in [6.45, 7) is 6.69. The minimum absolute atomic E-state index is 0.0552. The van der Waals surface area contributed by atoms with E-state index < -0.39 is 83.7 Å². The number of phosphoric ester groups is 2. The molecule has 0 aliphatic carbocycles. The molecule has 18 nitrogen and oxygen atoms in total. The zero-order valence-corrected chi connectivity index (χ0v) is 40.0. The number of phosphoric acid groups is 2. The van der Waals surface area contributed by atoms with Gasteiger partial charge in [-0.1, -0.05) is 150 Å². The molecule has 3 unspecified atom stereocenters. The van der Waals surface area contributed by atoms with E-state index in [1.165, 1.54) is 82.9 Å². The summed E-state index contributed by atoms with van der Waals surface area (Å²) in [7, 11) is -10.8. The summed E-state index contributed by atoms with van der Waals surface area (Å²) in [4.78, 5) is 61.7. The van der Waals surface area contributed by atoms with Crippen molar-refractivity contribution in [3.8, 4) is 0 Å². The van der Waals surface area contributed by atoms with E-state index in [1.54, 1.807) is 0 Å². The fraction of sp³-hybridized carbons (Fsp3) is 0.860. The van der Waals surface area contributed by atoms with Gasteiger partial charge in [0, 0.05) is 19.0 Å². The largest absolute Gasteiger partial charge is 0.481 e. The van der Waals surface area contributed by atoms with Crippen LogP contribution in [0.5, 0.6) is 0 Å². The number of aliphatic hydroxyl groups is 2. The Labute approximate surface area is 374 Å². The first-order chi connectivity index (χ1) is 29.9. The van der Waals surface area contributed by atoms with Gasteiger partial charge in [0.05, 0.1) is 13.2 Å². The Morgan fingerprint density at radius 2 is 1.17 bits per heavy atom. The standard InChI is InChI=1S/C43H79N3O15P2/c1-33(2)24-20-16-12-8-6-5-7-9-15-19-23-27-39(48)59-35(30-56-38(47)26-22-18-14-11-10-13-17-21-25-34(3)4)31-57-62(52,53)61-63(54,55)58-32-36-40(49)41(50)42(60-36)46-29-28-37(44)45-43(46)51/h28-29,33-36,40-42,49-50H,5-27,30-32H2,1-4H3,(H,52,53)(H,54,55)(H2,44,45,51)/t35-,36-,40+,41?,42-/m1/s1. The summed E-state index contributed by atoms with van der Waals surface area (Å²) in [5, 5.41) is 20.9. The van der Waals surface area contributed by atoms with Crippen LogP contribution in [0.1, 0.15) is 182 Å². The van der Waals surface area contributed by atoms with Crippen LogP contribution < -0.4 is 11.4 Å². The number of hydrogen-bond acceptors (Lipinski definition) is 15. The molecule has 1 fully saturated rings. The molecule has 0 aromatic carbocycles. The van der Waals surface area contributed by atoms with Crippen LogP contribution in [-0.2, 0) is 46.3 Å². The molecule has 0 radical (unpaired) electrons. The third-order valence-corrected chi connectivity index (χ3v) is 13.4. The molecule has 1 aromatic heterocycles. The SMILES string of the molecule is CC(C)CCCCCCCCCCCCCC(=O)O[C@H](COC(=O)CCCCCCCCCCC(C)C)COP(=O)(O)OP(=O)(O)OC[C@H]1O[C@@H](n2ccc(N)nc2=O)C(O)[C@H]1O. The number of aromatic nitrogens is 2. The summed E-state index contributed by atoms with van der Waals surface area (Å²) < 4.78 is 56.6. The lowest BCUT2D eigenvalue weighted by Crippen LogP contribution is -2.36. The van der Waals surface area contributed by atoms with Gasteiger partial charge in [0.1, 0.15) is 30.7 Å². The highest BCUT2D eigenvalue weighted by Crippen LogP contribution is 2.60. The van der Waals surface area contributed by atoms with Crippen molar-refractivity contribution < 1.29 is 66.3 Å². The molecule has 0 saturated carbocycles. The van der Waals surface area contributed by atoms with Gasteiger partial charge < -0.3 is 39.9 Å². The van der Waals surface area contributed by atoms with Crippen molar-refractivity contribution >= 4 is 33.4 Å². The number of nitrogen functional groups attached to an aromatic ring is 1. The first-order valence-corrected chi connectivity index (χ1v) is 26.3. The molecule has 1 aliphatic rings. The molecule has 7 atom stereocenters. The van der Waals surface area contributed by atoms with E-state index in [0.717, 1.165) is 67.8 Å². The van der Waals surface area contributed by atoms with E-state index in [9.17, 15) is 43.5 Å². The van der Waals surface area contributed by atoms with Crippen LogP contribution >= 0.6 is 15.6 Å². The number of rotatable bonds is 37. The van der Waals surface area contributed by atoms with Gasteiger partial charge in [0.15, 0.2) is 12.3 Å². The Morgan fingerprint density at radius 3 is 1.67 bits per heavy atom. The molecule has 6 N–H and O–H groups in total. The van der Waals surface area contributed by atoms with Crippen LogP contribution in [0.15, 0.2) is 17.1 Å². The van der Waals surface area contributed by atoms with Crippen LogP contribution in [0.3, 0.4) is 0 Å². The number of esters is 2. The Balaban J connectivity index is 1.83. The van der Waals surface area contributed by atoms with Gasteiger partial charge >= 0.3 is 33.3 Å². The van der Waals surface area contributed by atoms with Crippen molar-refractivity contribution in [2.45, 2.75) is 206 Å². The highest BCUT2D eigenvalue weighted by Gasteiger charge is 2.46. The van der Waals surface area contributed by atoms with Crippen molar-refractivity contribution in [3.63, 3.8) is 0 Å².